The zero-order valence-electron chi connectivity index (χ0n) is 2.75. The van der Waals surface area contributed by atoms with Crippen LogP contribution in [0.5, 0.6) is 0 Å². The fourth-order valence-corrected chi connectivity index (χ4v) is 0. The molecule has 0 rings (SSSR count). The van der Waals surface area contributed by atoms with Gasteiger partial charge in [0.05, 0.1) is 0 Å². The van der Waals surface area contributed by atoms with Crippen LogP contribution in [-0.2, 0) is 43.4 Å². The van der Waals surface area contributed by atoms with Crippen molar-refractivity contribution in [1.29, 1.82) is 0 Å². The summed E-state index contributed by atoms with van der Waals surface area (Å²) in [6, 6.07) is 0. The van der Waals surface area contributed by atoms with E-state index in [1.165, 1.54) is 0 Å². The van der Waals surface area contributed by atoms with Crippen LogP contribution in [0.1, 0.15) is 0 Å². The van der Waals surface area contributed by atoms with Crippen LogP contribution in [-0.4, -0.2) is 17.5 Å². The normalized spacial score (nSPS) is 8.29. The molecule has 0 atom stereocenters. The maximum Gasteiger partial charge on any atom is 0.394 e. The van der Waals surface area contributed by atoms with Gasteiger partial charge in [-0.3, -0.25) is 9.11 Å². The zero-order valence-corrected chi connectivity index (χ0v) is 5.54. The second-order valence-corrected chi connectivity index (χ2v) is 1.34. The molecule has 0 aliphatic carbocycles. The van der Waals surface area contributed by atoms with Crippen LogP contribution < -0.4 is 0 Å². The Morgan fingerprint density at radius 1 is 1.00 bits per heavy atom. The molecular formula is H2Ni2O4S. The molecule has 0 aromatic carbocycles. The van der Waals surface area contributed by atoms with Crippen molar-refractivity contribution in [3.8, 4) is 0 Å². The van der Waals surface area contributed by atoms with Crippen LogP contribution in [0, 0.1) is 0 Å². The van der Waals surface area contributed by atoms with E-state index < -0.39 is 10.4 Å². The summed E-state index contributed by atoms with van der Waals surface area (Å²) in [5.74, 6) is 0. The molecule has 7 heavy (non-hydrogen) atoms. The van der Waals surface area contributed by atoms with E-state index in [9.17, 15) is 0 Å². The van der Waals surface area contributed by atoms with Crippen molar-refractivity contribution in [3.63, 3.8) is 0 Å². The first-order valence-corrected chi connectivity index (χ1v) is 2.10. The van der Waals surface area contributed by atoms with Crippen molar-refractivity contribution < 1.29 is 50.5 Å². The van der Waals surface area contributed by atoms with Gasteiger partial charge in [0, 0.05) is 33.0 Å². The molecule has 7 heteroatoms. The first-order valence-electron chi connectivity index (χ1n) is 0.698. The molecule has 0 saturated carbocycles. The minimum Gasteiger partial charge on any atom is -0.264 e. The molecule has 52 valence electrons. The number of hydrogen-bond donors (Lipinski definition) is 2. The van der Waals surface area contributed by atoms with Crippen LogP contribution >= 0.6 is 0 Å². The van der Waals surface area contributed by atoms with E-state index in [1.807, 2.05) is 0 Å². The Kier molecular flexibility index (Phi) is 11.2. The SMILES string of the molecule is O=S(=O)(O)O.[Ni].[Ni]. The van der Waals surface area contributed by atoms with Crippen LogP contribution in [0.4, 0.5) is 0 Å². The molecule has 0 spiro atoms. The standard InChI is InChI=1S/2Ni.H2O4S/c;;1-5(2,3)4/h;;(H2,1,2,3,4). The maximum absolute atomic E-state index is 8.74. The first kappa shape index (κ1) is 15.7. The summed E-state index contributed by atoms with van der Waals surface area (Å²) in [5, 5.41) is 0. The molecule has 0 unspecified atom stereocenters. The molecule has 0 saturated heterocycles. The van der Waals surface area contributed by atoms with Gasteiger partial charge in [0.2, 0.25) is 0 Å². The molecule has 0 amide bonds. The summed E-state index contributed by atoms with van der Waals surface area (Å²) < 4.78 is 31.6. The van der Waals surface area contributed by atoms with Gasteiger partial charge in [0.1, 0.15) is 0 Å². The summed E-state index contributed by atoms with van der Waals surface area (Å²) in [6.45, 7) is 0. The molecule has 0 bridgehead atoms. The van der Waals surface area contributed by atoms with Crippen LogP contribution in [0.3, 0.4) is 0 Å². The van der Waals surface area contributed by atoms with E-state index in [4.69, 9.17) is 17.5 Å². The van der Waals surface area contributed by atoms with E-state index in [0.717, 1.165) is 0 Å². The van der Waals surface area contributed by atoms with E-state index in [-0.39, 0.29) is 33.0 Å². The number of rotatable bonds is 0. The van der Waals surface area contributed by atoms with Crippen molar-refractivity contribution in [2.24, 2.45) is 0 Å². The molecule has 0 aromatic heterocycles. The fourth-order valence-electron chi connectivity index (χ4n) is 0. The largest absolute Gasteiger partial charge is 0.394 e. The van der Waals surface area contributed by atoms with Gasteiger partial charge in [0.15, 0.2) is 0 Å². The van der Waals surface area contributed by atoms with Crippen LogP contribution in [0.2, 0.25) is 0 Å². The average molecular weight is 215 g/mol. The molecule has 4 nitrogen and oxygen atoms in total. The molecule has 0 radical (unpaired) electrons. The Labute approximate surface area is 61.1 Å². The smallest absolute Gasteiger partial charge is 0.264 e. The monoisotopic (exact) mass is 214 g/mol. The summed E-state index contributed by atoms with van der Waals surface area (Å²) >= 11 is 0. The second kappa shape index (κ2) is 5.00. The topological polar surface area (TPSA) is 74.6 Å². The van der Waals surface area contributed by atoms with Gasteiger partial charge < -0.3 is 0 Å². The Hall–Kier alpha value is 0.857. The van der Waals surface area contributed by atoms with Gasteiger partial charge in [-0.2, -0.15) is 8.42 Å². The van der Waals surface area contributed by atoms with E-state index in [0.29, 0.717) is 0 Å². The Morgan fingerprint density at radius 2 is 1.00 bits per heavy atom. The van der Waals surface area contributed by atoms with Gasteiger partial charge in [0.25, 0.3) is 0 Å². The van der Waals surface area contributed by atoms with Crippen LogP contribution in [0.25, 0.3) is 0 Å². The fraction of sp³-hybridized carbons (Fsp3) is 0. The molecule has 0 heterocycles. The molecule has 2 N–H and O–H groups in total. The third-order valence-corrected chi connectivity index (χ3v) is 0. The Morgan fingerprint density at radius 3 is 1.00 bits per heavy atom. The van der Waals surface area contributed by atoms with Crippen molar-refractivity contribution in [2.75, 3.05) is 0 Å². The minimum atomic E-state index is -4.67. The van der Waals surface area contributed by atoms with E-state index in [1.54, 1.807) is 0 Å². The first-order chi connectivity index (χ1) is 2.00. The quantitative estimate of drug-likeness (QED) is 0.416. The molecular weight excluding hydrogens is 213 g/mol. The molecule has 0 aliphatic rings. The molecule has 0 aromatic rings. The summed E-state index contributed by atoms with van der Waals surface area (Å²) in [6.07, 6.45) is 0. The van der Waals surface area contributed by atoms with Crippen molar-refractivity contribution in [3.05, 3.63) is 0 Å². The summed E-state index contributed by atoms with van der Waals surface area (Å²) in [4.78, 5) is 0. The third-order valence-electron chi connectivity index (χ3n) is 0. The maximum atomic E-state index is 8.74. The van der Waals surface area contributed by atoms with Gasteiger partial charge in [-0.15, -0.1) is 0 Å². The van der Waals surface area contributed by atoms with Crippen molar-refractivity contribution in [2.45, 2.75) is 0 Å². The van der Waals surface area contributed by atoms with E-state index in [2.05, 4.69) is 0 Å². The van der Waals surface area contributed by atoms with Crippen LogP contribution in [0.15, 0.2) is 0 Å². The van der Waals surface area contributed by atoms with Gasteiger partial charge in [-0.25, -0.2) is 0 Å². The summed E-state index contributed by atoms with van der Waals surface area (Å²) in [5.41, 5.74) is 0. The summed E-state index contributed by atoms with van der Waals surface area (Å²) in [7, 11) is -4.67. The average Bonchev–Trinajstić information content (AvgIpc) is 0.722. The van der Waals surface area contributed by atoms with E-state index >= 15 is 0 Å². The number of hydrogen-bond acceptors (Lipinski definition) is 2. The predicted molar refractivity (Wildman–Crippen MR) is 14.2 cm³/mol. The van der Waals surface area contributed by atoms with Gasteiger partial charge in [-0.1, -0.05) is 0 Å². The van der Waals surface area contributed by atoms with Crippen molar-refractivity contribution >= 4 is 10.4 Å². The third kappa shape index (κ3) is 220. The zero-order chi connectivity index (χ0) is 4.50. The minimum absolute atomic E-state index is 0. The molecule has 0 aliphatic heterocycles. The van der Waals surface area contributed by atoms with Gasteiger partial charge in [-0.05, 0) is 0 Å². The van der Waals surface area contributed by atoms with Crippen molar-refractivity contribution in [1.82, 2.24) is 0 Å². The predicted octanol–water partition coefficient (Wildman–Crippen LogP) is -0.658. The Balaban J connectivity index is -0.0000000800. The molecule has 0 fully saturated rings. The Bertz CT molecular complexity index is 92.9. The van der Waals surface area contributed by atoms with Gasteiger partial charge >= 0.3 is 10.4 Å². The second-order valence-electron chi connectivity index (χ2n) is 0.448.